The number of carbonyl (C=O) groups is 1. The summed E-state index contributed by atoms with van der Waals surface area (Å²) in [4.78, 5) is 11.0. The summed E-state index contributed by atoms with van der Waals surface area (Å²) in [5, 5.41) is 17.2. The van der Waals surface area contributed by atoms with E-state index < -0.39 is 5.97 Å². The van der Waals surface area contributed by atoms with E-state index in [-0.39, 0.29) is 5.56 Å². The van der Waals surface area contributed by atoms with Gasteiger partial charge in [-0.15, -0.1) is 10.2 Å². The molecule has 1 heterocycles. The van der Waals surface area contributed by atoms with Gasteiger partial charge in [-0.25, -0.2) is 4.79 Å². The number of nitrogens with zero attached hydrogens (tertiary/aromatic N) is 2. The van der Waals surface area contributed by atoms with Crippen LogP contribution in [0.3, 0.4) is 0 Å². The normalized spacial score (nSPS) is 10.5. The Morgan fingerprint density at radius 1 is 0.815 bits per heavy atom. The Balaban J connectivity index is 1.64. The van der Waals surface area contributed by atoms with Crippen molar-refractivity contribution in [2.75, 3.05) is 0 Å². The van der Waals surface area contributed by atoms with Gasteiger partial charge in [0.25, 0.3) is 5.89 Å². The third-order valence-electron chi connectivity index (χ3n) is 3.89. The fourth-order valence-electron chi connectivity index (χ4n) is 2.55. The van der Waals surface area contributed by atoms with Gasteiger partial charge in [0, 0.05) is 5.56 Å². The molecule has 0 saturated heterocycles. The third-order valence-corrected chi connectivity index (χ3v) is 3.89. The molecule has 4 rings (SSSR count). The molecule has 0 aliphatic carbocycles. The number of hydrogen-bond acceptors (Lipinski definition) is 5. The Hall–Kier alpha value is -3.93. The molecule has 0 aliphatic heterocycles. The molecule has 27 heavy (non-hydrogen) atoms. The lowest BCUT2D eigenvalue weighted by Gasteiger charge is -2.08. The van der Waals surface area contributed by atoms with Gasteiger partial charge >= 0.3 is 5.97 Å². The van der Waals surface area contributed by atoms with Gasteiger partial charge in [0.05, 0.1) is 11.1 Å². The number of aromatic nitrogens is 2. The number of rotatable bonds is 5. The Kier molecular flexibility index (Phi) is 4.37. The van der Waals surface area contributed by atoms with E-state index in [1.165, 1.54) is 12.1 Å². The van der Waals surface area contributed by atoms with Gasteiger partial charge in [-0.1, -0.05) is 30.3 Å². The molecule has 1 aromatic heterocycles. The van der Waals surface area contributed by atoms with Crippen molar-refractivity contribution >= 4 is 5.97 Å². The lowest BCUT2D eigenvalue weighted by atomic mass is 10.1. The number of benzene rings is 3. The second-order valence-electron chi connectivity index (χ2n) is 5.71. The highest BCUT2D eigenvalue weighted by molar-refractivity contribution is 5.88. The van der Waals surface area contributed by atoms with Crippen LogP contribution in [0.5, 0.6) is 11.5 Å². The Morgan fingerprint density at radius 3 is 2.22 bits per heavy atom. The fraction of sp³-hybridized carbons (Fsp3) is 0. The standard InChI is InChI=1S/C21H14N2O4/c24-21(25)15-12-10-14(11-13-15)19-22-23-20(27-19)17-8-4-5-9-18(17)26-16-6-2-1-3-7-16/h1-13H,(H,24,25). The van der Waals surface area contributed by atoms with Crippen LogP contribution in [0.4, 0.5) is 0 Å². The van der Waals surface area contributed by atoms with Gasteiger partial charge in [0.2, 0.25) is 5.89 Å². The van der Waals surface area contributed by atoms with Gasteiger partial charge in [0.1, 0.15) is 11.5 Å². The highest BCUT2D eigenvalue weighted by atomic mass is 16.5. The van der Waals surface area contributed by atoms with Gasteiger partial charge in [0.15, 0.2) is 0 Å². The minimum Gasteiger partial charge on any atom is -0.478 e. The minimum absolute atomic E-state index is 0.195. The Labute approximate surface area is 154 Å². The van der Waals surface area contributed by atoms with Crippen LogP contribution in [0.2, 0.25) is 0 Å². The van der Waals surface area contributed by atoms with Crippen LogP contribution in [0.25, 0.3) is 22.9 Å². The molecule has 0 aliphatic rings. The molecule has 0 bridgehead atoms. The molecule has 3 aromatic carbocycles. The maximum Gasteiger partial charge on any atom is 0.335 e. The molecule has 6 heteroatoms. The maximum absolute atomic E-state index is 11.0. The average Bonchev–Trinajstić information content (AvgIpc) is 3.19. The monoisotopic (exact) mass is 358 g/mol. The molecule has 0 spiro atoms. The zero-order valence-electron chi connectivity index (χ0n) is 14.1. The van der Waals surface area contributed by atoms with Crippen LogP contribution in [-0.2, 0) is 0 Å². The zero-order chi connectivity index (χ0) is 18.6. The number of aromatic carboxylic acids is 1. The predicted octanol–water partition coefficient (Wildman–Crippen LogP) is 4.89. The summed E-state index contributed by atoms with van der Waals surface area (Å²) in [6.07, 6.45) is 0. The molecule has 0 fully saturated rings. The summed E-state index contributed by atoms with van der Waals surface area (Å²) >= 11 is 0. The first-order chi connectivity index (χ1) is 13.2. The van der Waals surface area contributed by atoms with Crippen molar-refractivity contribution in [2.24, 2.45) is 0 Å². The van der Waals surface area contributed by atoms with Crippen molar-refractivity contribution in [1.82, 2.24) is 10.2 Å². The van der Waals surface area contributed by atoms with E-state index in [1.54, 1.807) is 12.1 Å². The number of para-hydroxylation sites is 2. The van der Waals surface area contributed by atoms with E-state index in [2.05, 4.69) is 10.2 Å². The molecule has 1 N–H and O–H groups in total. The first-order valence-corrected chi connectivity index (χ1v) is 8.20. The van der Waals surface area contributed by atoms with Crippen LogP contribution in [0, 0.1) is 0 Å². The van der Waals surface area contributed by atoms with Crippen molar-refractivity contribution < 1.29 is 19.1 Å². The van der Waals surface area contributed by atoms with E-state index in [1.807, 2.05) is 54.6 Å². The summed E-state index contributed by atoms with van der Waals surface area (Å²) in [7, 11) is 0. The van der Waals surface area contributed by atoms with Gasteiger partial charge < -0.3 is 14.3 Å². The first-order valence-electron chi connectivity index (χ1n) is 8.20. The maximum atomic E-state index is 11.0. The highest BCUT2D eigenvalue weighted by Gasteiger charge is 2.15. The number of carboxylic acids is 1. The van der Waals surface area contributed by atoms with Gasteiger partial charge in [-0.05, 0) is 48.5 Å². The summed E-state index contributed by atoms with van der Waals surface area (Å²) in [5.74, 6) is 0.934. The van der Waals surface area contributed by atoms with Crippen LogP contribution >= 0.6 is 0 Å². The third kappa shape index (κ3) is 3.55. The number of hydrogen-bond donors (Lipinski definition) is 1. The molecule has 4 aromatic rings. The Morgan fingerprint density at radius 2 is 1.48 bits per heavy atom. The molecule has 0 unspecified atom stereocenters. The topological polar surface area (TPSA) is 85.5 Å². The van der Waals surface area contributed by atoms with Crippen molar-refractivity contribution in [3.63, 3.8) is 0 Å². The van der Waals surface area contributed by atoms with E-state index in [0.717, 1.165) is 0 Å². The smallest absolute Gasteiger partial charge is 0.335 e. The number of carboxylic acid groups (broad SMARTS) is 1. The highest BCUT2D eigenvalue weighted by Crippen LogP contribution is 2.33. The van der Waals surface area contributed by atoms with Crippen LogP contribution < -0.4 is 4.74 Å². The molecule has 132 valence electrons. The summed E-state index contributed by atoms with van der Waals surface area (Å²) in [5.41, 5.74) is 1.50. The zero-order valence-corrected chi connectivity index (χ0v) is 14.1. The SMILES string of the molecule is O=C(O)c1ccc(-c2nnc(-c3ccccc3Oc3ccccc3)o2)cc1. The van der Waals surface area contributed by atoms with Crippen molar-refractivity contribution in [3.8, 4) is 34.4 Å². The van der Waals surface area contributed by atoms with Crippen molar-refractivity contribution in [2.45, 2.75) is 0 Å². The van der Waals surface area contributed by atoms with Crippen molar-refractivity contribution in [3.05, 3.63) is 84.4 Å². The van der Waals surface area contributed by atoms with Crippen LogP contribution in [0.15, 0.2) is 83.3 Å². The molecule has 6 nitrogen and oxygen atoms in total. The molecule has 0 radical (unpaired) electrons. The first kappa shape index (κ1) is 16.5. The largest absolute Gasteiger partial charge is 0.478 e. The lowest BCUT2D eigenvalue weighted by Crippen LogP contribution is -1.94. The minimum atomic E-state index is -0.986. The molecular formula is C21H14N2O4. The van der Waals surface area contributed by atoms with Crippen LogP contribution in [0.1, 0.15) is 10.4 Å². The molecule has 0 saturated carbocycles. The van der Waals surface area contributed by atoms with E-state index in [9.17, 15) is 4.79 Å². The second kappa shape index (κ2) is 7.13. The molecular weight excluding hydrogens is 344 g/mol. The molecule has 0 amide bonds. The number of ether oxygens (including phenoxy) is 1. The van der Waals surface area contributed by atoms with E-state index in [4.69, 9.17) is 14.3 Å². The summed E-state index contributed by atoms with van der Waals surface area (Å²) in [6, 6.07) is 23.1. The average molecular weight is 358 g/mol. The summed E-state index contributed by atoms with van der Waals surface area (Å²) in [6.45, 7) is 0. The quantitative estimate of drug-likeness (QED) is 0.546. The van der Waals surface area contributed by atoms with Crippen molar-refractivity contribution in [1.29, 1.82) is 0 Å². The van der Waals surface area contributed by atoms with Crippen LogP contribution in [-0.4, -0.2) is 21.3 Å². The second-order valence-corrected chi connectivity index (χ2v) is 5.71. The molecule has 0 atom stereocenters. The van der Waals surface area contributed by atoms with E-state index in [0.29, 0.717) is 34.4 Å². The fourth-order valence-corrected chi connectivity index (χ4v) is 2.55. The summed E-state index contributed by atoms with van der Waals surface area (Å²) < 4.78 is 11.7. The van der Waals surface area contributed by atoms with Gasteiger partial charge in [-0.3, -0.25) is 0 Å². The predicted molar refractivity (Wildman–Crippen MR) is 98.6 cm³/mol. The lowest BCUT2D eigenvalue weighted by molar-refractivity contribution is 0.0697. The van der Waals surface area contributed by atoms with Gasteiger partial charge in [-0.2, -0.15) is 0 Å². The Bertz CT molecular complexity index is 1070. The van der Waals surface area contributed by atoms with E-state index >= 15 is 0 Å².